The van der Waals surface area contributed by atoms with Crippen molar-refractivity contribution in [3.05, 3.63) is 71.3 Å². The Morgan fingerprint density at radius 3 is 2.57 bits per heavy atom. The van der Waals surface area contributed by atoms with E-state index in [9.17, 15) is 4.79 Å². The van der Waals surface area contributed by atoms with Crippen molar-refractivity contribution in [2.24, 2.45) is 5.73 Å². The minimum Gasteiger partial charge on any atom is -0.355 e. The Morgan fingerprint density at radius 2 is 1.90 bits per heavy atom. The molecule has 0 aliphatic heterocycles. The lowest BCUT2D eigenvalue weighted by atomic mass is 9.98. The molecule has 1 atom stereocenters. The summed E-state index contributed by atoms with van der Waals surface area (Å²) >= 11 is 0. The molecule has 0 saturated carbocycles. The van der Waals surface area contributed by atoms with Crippen LogP contribution in [0.3, 0.4) is 0 Å². The summed E-state index contributed by atoms with van der Waals surface area (Å²) < 4.78 is 0. The summed E-state index contributed by atoms with van der Waals surface area (Å²) in [7, 11) is 0. The molecule has 0 radical (unpaired) electrons. The molecule has 1 unspecified atom stereocenters. The van der Waals surface area contributed by atoms with Gasteiger partial charge in [-0.05, 0) is 24.5 Å². The average molecular weight is 282 g/mol. The molecule has 3 nitrogen and oxygen atoms in total. The van der Waals surface area contributed by atoms with Crippen LogP contribution in [0.5, 0.6) is 0 Å². The molecule has 0 spiro atoms. The molecule has 0 aromatic heterocycles. The van der Waals surface area contributed by atoms with E-state index >= 15 is 0 Å². The Hall–Kier alpha value is -2.13. The molecule has 0 aliphatic carbocycles. The lowest BCUT2D eigenvalue weighted by Gasteiger charge is -2.15. The van der Waals surface area contributed by atoms with Crippen LogP contribution in [0.15, 0.2) is 54.6 Å². The predicted molar refractivity (Wildman–Crippen MR) is 86.1 cm³/mol. The third kappa shape index (κ3) is 4.43. The Morgan fingerprint density at radius 1 is 1.14 bits per heavy atom. The van der Waals surface area contributed by atoms with Crippen LogP contribution in [-0.2, 0) is 11.2 Å². The van der Waals surface area contributed by atoms with Gasteiger partial charge in [0, 0.05) is 13.1 Å². The van der Waals surface area contributed by atoms with Crippen molar-refractivity contribution < 1.29 is 4.79 Å². The zero-order chi connectivity index (χ0) is 15.1. The maximum Gasteiger partial charge on any atom is 0.228 e. The molecule has 0 aliphatic rings. The summed E-state index contributed by atoms with van der Waals surface area (Å²) in [4.78, 5) is 12.2. The van der Waals surface area contributed by atoms with Gasteiger partial charge in [-0.25, -0.2) is 0 Å². The molecule has 21 heavy (non-hydrogen) atoms. The second kappa shape index (κ2) is 7.60. The molecule has 2 aromatic carbocycles. The first-order valence-corrected chi connectivity index (χ1v) is 7.29. The smallest absolute Gasteiger partial charge is 0.228 e. The van der Waals surface area contributed by atoms with Gasteiger partial charge >= 0.3 is 0 Å². The van der Waals surface area contributed by atoms with Crippen LogP contribution < -0.4 is 11.1 Å². The van der Waals surface area contributed by atoms with Crippen molar-refractivity contribution >= 4 is 5.91 Å². The van der Waals surface area contributed by atoms with E-state index in [1.54, 1.807) is 0 Å². The zero-order valence-corrected chi connectivity index (χ0v) is 12.4. The SMILES string of the molecule is Cc1cccc(CCNC(=O)C(CN)c2ccccc2)c1. The van der Waals surface area contributed by atoms with E-state index < -0.39 is 0 Å². The first-order valence-electron chi connectivity index (χ1n) is 7.29. The molecule has 3 N–H and O–H groups in total. The summed E-state index contributed by atoms with van der Waals surface area (Å²) in [5.41, 5.74) is 9.19. The zero-order valence-electron chi connectivity index (χ0n) is 12.4. The second-order valence-electron chi connectivity index (χ2n) is 5.23. The highest BCUT2D eigenvalue weighted by Gasteiger charge is 2.17. The van der Waals surface area contributed by atoms with Crippen LogP contribution in [0, 0.1) is 6.92 Å². The summed E-state index contributed by atoms with van der Waals surface area (Å²) in [6.07, 6.45) is 0.833. The van der Waals surface area contributed by atoms with Crippen LogP contribution >= 0.6 is 0 Å². The van der Waals surface area contributed by atoms with Crippen LogP contribution in [0.2, 0.25) is 0 Å². The van der Waals surface area contributed by atoms with Crippen LogP contribution in [-0.4, -0.2) is 19.0 Å². The highest BCUT2D eigenvalue weighted by molar-refractivity contribution is 5.83. The lowest BCUT2D eigenvalue weighted by molar-refractivity contribution is -0.122. The van der Waals surface area contributed by atoms with Crippen molar-refractivity contribution in [3.63, 3.8) is 0 Å². The largest absolute Gasteiger partial charge is 0.355 e. The van der Waals surface area contributed by atoms with Gasteiger partial charge in [-0.2, -0.15) is 0 Å². The Bertz CT molecular complexity index is 581. The molecule has 2 aromatic rings. The minimum absolute atomic E-state index is 0.00338. The molecule has 1 amide bonds. The van der Waals surface area contributed by atoms with E-state index in [0.717, 1.165) is 12.0 Å². The number of amides is 1. The van der Waals surface area contributed by atoms with E-state index in [-0.39, 0.29) is 11.8 Å². The first kappa shape index (κ1) is 15.3. The predicted octanol–water partition coefficient (Wildman–Crippen LogP) is 2.40. The number of hydrogen-bond donors (Lipinski definition) is 2. The van der Waals surface area contributed by atoms with E-state index in [4.69, 9.17) is 5.73 Å². The van der Waals surface area contributed by atoms with Gasteiger partial charge in [-0.1, -0.05) is 60.2 Å². The molecule has 2 rings (SSSR count). The topological polar surface area (TPSA) is 55.1 Å². The third-order valence-electron chi connectivity index (χ3n) is 3.55. The number of aryl methyl sites for hydroxylation is 1. The van der Waals surface area contributed by atoms with Crippen molar-refractivity contribution in [2.45, 2.75) is 19.3 Å². The lowest BCUT2D eigenvalue weighted by Crippen LogP contribution is -2.34. The van der Waals surface area contributed by atoms with Crippen LogP contribution in [0.1, 0.15) is 22.6 Å². The van der Waals surface area contributed by atoms with Gasteiger partial charge in [0.15, 0.2) is 0 Å². The number of rotatable bonds is 6. The number of carbonyl (C=O) groups excluding carboxylic acids is 1. The molecule has 0 heterocycles. The van der Waals surface area contributed by atoms with E-state index in [1.165, 1.54) is 11.1 Å². The molecular formula is C18H22N2O. The Labute approximate surface area is 126 Å². The first-order chi connectivity index (χ1) is 10.2. The normalized spacial score (nSPS) is 11.9. The highest BCUT2D eigenvalue weighted by atomic mass is 16.1. The van der Waals surface area contributed by atoms with Gasteiger partial charge in [0.05, 0.1) is 5.92 Å². The standard InChI is InChI=1S/C18H22N2O/c1-14-6-5-7-15(12-14)10-11-20-18(21)17(13-19)16-8-3-2-4-9-16/h2-9,12,17H,10-11,13,19H2,1H3,(H,20,21). The highest BCUT2D eigenvalue weighted by Crippen LogP contribution is 2.14. The summed E-state index contributed by atoms with van der Waals surface area (Å²) in [6, 6.07) is 18.0. The van der Waals surface area contributed by atoms with Crippen LogP contribution in [0.4, 0.5) is 0 Å². The third-order valence-corrected chi connectivity index (χ3v) is 3.55. The number of nitrogens with one attached hydrogen (secondary N) is 1. The Kier molecular flexibility index (Phi) is 5.52. The fourth-order valence-electron chi connectivity index (χ4n) is 2.40. The summed E-state index contributed by atoms with van der Waals surface area (Å²) in [6.45, 7) is 3.02. The van der Waals surface area contributed by atoms with Gasteiger partial charge in [0.2, 0.25) is 5.91 Å². The number of nitrogens with two attached hydrogens (primary N) is 1. The van der Waals surface area contributed by atoms with Gasteiger partial charge in [-0.3, -0.25) is 4.79 Å². The van der Waals surface area contributed by atoms with Gasteiger partial charge in [0.1, 0.15) is 0 Å². The van der Waals surface area contributed by atoms with Crippen LogP contribution in [0.25, 0.3) is 0 Å². The van der Waals surface area contributed by atoms with E-state index in [0.29, 0.717) is 13.1 Å². The molecule has 3 heteroatoms. The fraction of sp³-hybridized carbons (Fsp3) is 0.278. The van der Waals surface area contributed by atoms with Crippen molar-refractivity contribution in [3.8, 4) is 0 Å². The minimum atomic E-state index is -0.274. The maximum atomic E-state index is 12.2. The molecular weight excluding hydrogens is 260 g/mol. The average Bonchev–Trinajstić information content (AvgIpc) is 2.49. The fourth-order valence-corrected chi connectivity index (χ4v) is 2.40. The van der Waals surface area contributed by atoms with Gasteiger partial charge in [0.25, 0.3) is 0 Å². The number of benzene rings is 2. The summed E-state index contributed by atoms with van der Waals surface area (Å²) in [5, 5.41) is 2.98. The number of hydrogen-bond acceptors (Lipinski definition) is 2. The van der Waals surface area contributed by atoms with Gasteiger partial charge in [-0.15, -0.1) is 0 Å². The Balaban J connectivity index is 1.89. The molecule has 0 fully saturated rings. The van der Waals surface area contributed by atoms with E-state index in [2.05, 4.69) is 30.4 Å². The van der Waals surface area contributed by atoms with Crippen molar-refractivity contribution in [2.75, 3.05) is 13.1 Å². The number of carbonyl (C=O) groups is 1. The van der Waals surface area contributed by atoms with E-state index in [1.807, 2.05) is 36.4 Å². The maximum absolute atomic E-state index is 12.2. The quantitative estimate of drug-likeness (QED) is 0.855. The van der Waals surface area contributed by atoms with Gasteiger partial charge < -0.3 is 11.1 Å². The summed E-state index contributed by atoms with van der Waals surface area (Å²) in [5.74, 6) is -0.278. The molecule has 0 saturated heterocycles. The second-order valence-corrected chi connectivity index (χ2v) is 5.23. The molecule has 110 valence electrons. The monoisotopic (exact) mass is 282 g/mol. The van der Waals surface area contributed by atoms with Crippen molar-refractivity contribution in [1.29, 1.82) is 0 Å². The van der Waals surface area contributed by atoms with Crippen molar-refractivity contribution in [1.82, 2.24) is 5.32 Å². The molecule has 0 bridgehead atoms.